The van der Waals surface area contributed by atoms with Crippen LogP contribution in [0.2, 0.25) is 0 Å². The van der Waals surface area contributed by atoms with Crippen LogP contribution in [-0.2, 0) is 21.4 Å². The first-order valence-corrected chi connectivity index (χ1v) is 13.2. The molecular weight excluding hydrogens is 466 g/mol. The summed E-state index contributed by atoms with van der Waals surface area (Å²) in [6.45, 7) is 4.45. The van der Waals surface area contributed by atoms with Gasteiger partial charge in [-0.05, 0) is 43.9 Å². The summed E-state index contributed by atoms with van der Waals surface area (Å²) in [4.78, 5) is 46.2. The molecule has 1 aliphatic rings. The molecule has 1 fully saturated rings. The summed E-state index contributed by atoms with van der Waals surface area (Å²) in [6.07, 6.45) is 2.86. The molecule has 8 nitrogen and oxygen atoms in total. The number of benzene rings is 2. The van der Waals surface area contributed by atoms with Crippen molar-refractivity contribution in [2.75, 3.05) is 6.54 Å². The molecule has 196 valence electrons. The van der Waals surface area contributed by atoms with Gasteiger partial charge in [-0.15, -0.1) is 0 Å². The Morgan fingerprint density at radius 3 is 2.46 bits per heavy atom. The minimum atomic E-state index is -0.848. The second-order valence-electron chi connectivity index (χ2n) is 10.0. The molecule has 0 aliphatic carbocycles. The maximum absolute atomic E-state index is 13.6. The van der Waals surface area contributed by atoms with Gasteiger partial charge in [0.25, 0.3) is 0 Å². The van der Waals surface area contributed by atoms with Crippen LogP contribution in [0.4, 0.5) is 0 Å². The first-order valence-electron chi connectivity index (χ1n) is 13.2. The van der Waals surface area contributed by atoms with Gasteiger partial charge in [-0.25, -0.2) is 4.98 Å². The third-order valence-corrected chi connectivity index (χ3v) is 7.51. The van der Waals surface area contributed by atoms with Gasteiger partial charge in [0.1, 0.15) is 5.82 Å². The molecule has 1 unspecified atom stereocenters. The molecule has 3 N–H and O–H groups in total. The quantitative estimate of drug-likeness (QED) is 0.435. The summed E-state index contributed by atoms with van der Waals surface area (Å²) < 4.78 is 1.95. The number of para-hydroxylation sites is 2. The predicted octanol–water partition coefficient (Wildman–Crippen LogP) is 4.02. The molecule has 3 aromatic rings. The molecule has 3 amide bonds. The maximum atomic E-state index is 13.6. The summed E-state index contributed by atoms with van der Waals surface area (Å²) in [6, 6.07) is 17.3. The molecule has 1 aromatic heterocycles. The third kappa shape index (κ3) is 5.68. The first-order chi connectivity index (χ1) is 17.8. The minimum Gasteiger partial charge on any atom is -0.369 e. The Labute approximate surface area is 218 Å². The van der Waals surface area contributed by atoms with Crippen molar-refractivity contribution in [3.8, 4) is 0 Å². The molecule has 0 bridgehead atoms. The molecule has 1 aliphatic heterocycles. The number of hydrogen-bond donors (Lipinski definition) is 2. The minimum absolute atomic E-state index is 0.0189. The summed E-state index contributed by atoms with van der Waals surface area (Å²) in [5.41, 5.74) is 8.66. The SMILES string of the molecule is CCCC(C(N)=O)[C@H](CC(=O)N1CCC[C@@H]1c1ccccc1)C(=O)N[C@@H](C)c1nc2ccccc2n1C. The van der Waals surface area contributed by atoms with Gasteiger partial charge in [0.2, 0.25) is 17.7 Å². The number of nitrogens with zero attached hydrogens (tertiary/aromatic N) is 3. The van der Waals surface area contributed by atoms with Crippen LogP contribution >= 0.6 is 0 Å². The molecular formula is C29H37N5O3. The van der Waals surface area contributed by atoms with E-state index in [-0.39, 0.29) is 24.3 Å². The fourth-order valence-electron chi connectivity index (χ4n) is 5.60. The van der Waals surface area contributed by atoms with Gasteiger partial charge in [-0.3, -0.25) is 14.4 Å². The molecule has 4 rings (SSSR count). The Morgan fingerprint density at radius 2 is 1.78 bits per heavy atom. The monoisotopic (exact) mass is 503 g/mol. The van der Waals surface area contributed by atoms with Crippen LogP contribution in [0.3, 0.4) is 0 Å². The van der Waals surface area contributed by atoms with Crippen molar-refractivity contribution in [3.63, 3.8) is 0 Å². The lowest BCUT2D eigenvalue weighted by atomic mass is 9.84. The lowest BCUT2D eigenvalue weighted by molar-refractivity contribution is -0.141. The average Bonchev–Trinajstić information content (AvgIpc) is 3.52. The number of amides is 3. The number of imidazole rings is 1. The van der Waals surface area contributed by atoms with Crippen molar-refractivity contribution in [2.24, 2.45) is 24.6 Å². The summed E-state index contributed by atoms with van der Waals surface area (Å²) in [5, 5.41) is 3.03. The van der Waals surface area contributed by atoms with E-state index in [1.54, 1.807) is 0 Å². The lowest BCUT2D eigenvalue weighted by Crippen LogP contribution is -2.44. The standard InChI is InChI=1S/C29H37N5O3/c1-4-11-21(27(30)36)22(18-26(35)34-17-10-16-24(34)20-12-6-5-7-13-20)29(37)31-19(2)28-32-23-14-8-9-15-25(23)33(28)3/h5-9,12-15,19,21-22,24H,4,10-11,16-18H2,1-3H3,(H2,30,36)(H,31,37)/t19-,21?,22-,24+/m0/s1. The summed E-state index contributed by atoms with van der Waals surface area (Å²) in [7, 11) is 1.91. The van der Waals surface area contributed by atoms with Gasteiger partial charge in [-0.2, -0.15) is 0 Å². The third-order valence-electron chi connectivity index (χ3n) is 7.51. The largest absolute Gasteiger partial charge is 0.369 e. The van der Waals surface area contributed by atoms with Crippen LogP contribution in [0.5, 0.6) is 0 Å². The highest BCUT2D eigenvalue weighted by Crippen LogP contribution is 2.34. The molecule has 2 heterocycles. The zero-order chi connectivity index (χ0) is 26.5. The molecule has 2 aromatic carbocycles. The van der Waals surface area contributed by atoms with Crippen molar-refractivity contribution in [2.45, 2.75) is 58.0 Å². The van der Waals surface area contributed by atoms with E-state index in [1.165, 1.54) is 0 Å². The average molecular weight is 504 g/mol. The van der Waals surface area contributed by atoms with Crippen molar-refractivity contribution in [3.05, 3.63) is 66.0 Å². The van der Waals surface area contributed by atoms with Crippen LogP contribution in [0.1, 0.15) is 69.4 Å². The number of aryl methyl sites for hydroxylation is 1. The number of hydrogen-bond acceptors (Lipinski definition) is 4. The van der Waals surface area contributed by atoms with Crippen molar-refractivity contribution < 1.29 is 14.4 Å². The van der Waals surface area contributed by atoms with Gasteiger partial charge < -0.3 is 20.5 Å². The Balaban J connectivity index is 1.56. The maximum Gasteiger partial charge on any atom is 0.225 e. The van der Waals surface area contributed by atoms with E-state index in [0.29, 0.717) is 25.2 Å². The zero-order valence-corrected chi connectivity index (χ0v) is 21.9. The van der Waals surface area contributed by atoms with Gasteiger partial charge in [-0.1, -0.05) is 55.8 Å². The molecule has 0 saturated carbocycles. The second-order valence-corrected chi connectivity index (χ2v) is 10.0. The van der Waals surface area contributed by atoms with Crippen molar-refractivity contribution in [1.82, 2.24) is 19.8 Å². The number of rotatable bonds is 10. The highest BCUT2D eigenvalue weighted by molar-refractivity contribution is 5.91. The van der Waals surface area contributed by atoms with Crippen LogP contribution in [0, 0.1) is 11.8 Å². The summed E-state index contributed by atoms with van der Waals surface area (Å²) in [5.74, 6) is -1.89. The van der Waals surface area contributed by atoms with E-state index in [0.717, 1.165) is 29.4 Å². The normalized spacial score (nSPS) is 17.9. The zero-order valence-electron chi connectivity index (χ0n) is 21.9. The lowest BCUT2D eigenvalue weighted by Gasteiger charge is -2.30. The topological polar surface area (TPSA) is 110 Å². The summed E-state index contributed by atoms with van der Waals surface area (Å²) >= 11 is 0. The molecule has 4 atom stereocenters. The number of carbonyl (C=O) groups is 3. The van der Waals surface area contributed by atoms with Crippen LogP contribution in [0.25, 0.3) is 11.0 Å². The van der Waals surface area contributed by atoms with Crippen molar-refractivity contribution in [1.29, 1.82) is 0 Å². The van der Waals surface area contributed by atoms with E-state index >= 15 is 0 Å². The van der Waals surface area contributed by atoms with Crippen LogP contribution < -0.4 is 11.1 Å². The Kier molecular flexibility index (Phi) is 8.26. The van der Waals surface area contributed by atoms with Gasteiger partial charge in [0, 0.05) is 25.9 Å². The number of nitrogens with two attached hydrogens (primary N) is 1. The highest BCUT2D eigenvalue weighted by atomic mass is 16.2. The van der Waals surface area contributed by atoms with Gasteiger partial charge >= 0.3 is 0 Å². The van der Waals surface area contributed by atoms with Crippen LogP contribution in [-0.4, -0.2) is 38.7 Å². The fraction of sp³-hybridized carbons (Fsp3) is 0.448. The Bertz CT molecular complexity index is 1250. The van der Waals surface area contributed by atoms with Gasteiger partial charge in [0.15, 0.2) is 0 Å². The molecule has 0 spiro atoms. The predicted molar refractivity (Wildman–Crippen MR) is 143 cm³/mol. The Morgan fingerprint density at radius 1 is 1.08 bits per heavy atom. The molecule has 37 heavy (non-hydrogen) atoms. The van der Waals surface area contributed by atoms with E-state index in [1.807, 2.05) is 85.0 Å². The number of nitrogens with one attached hydrogen (secondary N) is 1. The Hall–Kier alpha value is -3.68. The second kappa shape index (κ2) is 11.6. The number of primary amides is 1. The number of aromatic nitrogens is 2. The first kappa shape index (κ1) is 26.4. The number of likely N-dealkylation sites (tertiary alicyclic amines) is 1. The van der Waals surface area contributed by atoms with Crippen molar-refractivity contribution >= 4 is 28.8 Å². The van der Waals surface area contributed by atoms with E-state index < -0.39 is 23.8 Å². The molecule has 1 saturated heterocycles. The number of fused-ring (bicyclic) bond motifs is 1. The molecule has 8 heteroatoms. The van der Waals surface area contributed by atoms with E-state index in [2.05, 4.69) is 10.3 Å². The number of carbonyl (C=O) groups excluding carboxylic acids is 3. The van der Waals surface area contributed by atoms with E-state index in [9.17, 15) is 14.4 Å². The van der Waals surface area contributed by atoms with Crippen LogP contribution in [0.15, 0.2) is 54.6 Å². The molecule has 0 radical (unpaired) electrons. The fourth-order valence-corrected chi connectivity index (χ4v) is 5.60. The smallest absolute Gasteiger partial charge is 0.225 e. The highest BCUT2D eigenvalue weighted by Gasteiger charge is 2.38. The van der Waals surface area contributed by atoms with E-state index in [4.69, 9.17) is 5.73 Å². The van der Waals surface area contributed by atoms with Gasteiger partial charge in [0.05, 0.1) is 29.0 Å².